The first-order chi connectivity index (χ1) is 19.3. The van der Waals surface area contributed by atoms with Crippen LogP contribution in [0.1, 0.15) is 27.7 Å². The Morgan fingerprint density at radius 2 is 1.95 bits per heavy atom. The quantitative estimate of drug-likeness (QED) is 0.239. The Kier molecular flexibility index (Phi) is 7.94. The Labute approximate surface area is 231 Å². The van der Waals surface area contributed by atoms with Crippen molar-refractivity contribution in [3.8, 4) is 5.75 Å². The van der Waals surface area contributed by atoms with E-state index in [0.29, 0.717) is 5.56 Å². The highest BCUT2D eigenvalue weighted by atomic mass is 32.2. The van der Waals surface area contributed by atoms with Crippen LogP contribution in [0, 0.1) is 11.6 Å². The van der Waals surface area contributed by atoms with Crippen LogP contribution >= 0.6 is 11.8 Å². The minimum absolute atomic E-state index is 0.112. The third-order valence-corrected chi connectivity index (χ3v) is 7.47. The summed E-state index contributed by atoms with van der Waals surface area (Å²) in [5.74, 6) is -2.87. The average molecular weight is 574 g/mol. The van der Waals surface area contributed by atoms with Crippen LogP contribution in [0.2, 0.25) is 0 Å². The molecule has 2 aliphatic heterocycles. The van der Waals surface area contributed by atoms with Gasteiger partial charge in [0.15, 0.2) is 17.3 Å². The highest BCUT2D eigenvalue weighted by Gasteiger charge is 2.45. The fourth-order valence-electron chi connectivity index (χ4n) is 4.90. The molecule has 3 heterocycles. The number of benzene rings is 2. The fraction of sp³-hybridized carbons (Fsp3) is 0.296. The van der Waals surface area contributed by atoms with E-state index in [9.17, 15) is 23.2 Å². The number of carbonyl (C=O) groups excluding carboxylic acids is 2. The Morgan fingerprint density at radius 1 is 1.15 bits per heavy atom. The lowest BCUT2D eigenvalue weighted by atomic mass is 9.96. The number of halogens is 2. The van der Waals surface area contributed by atoms with Crippen LogP contribution < -0.4 is 15.2 Å². The second-order valence-corrected chi connectivity index (χ2v) is 9.66. The van der Waals surface area contributed by atoms with Gasteiger partial charge in [-0.3, -0.25) is 19.3 Å². The van der Waals surface area contributed by atoms with Crippen LogP contribution in [0.25, 0.3) is 0 Å². The number of hydrogen-bond donors (Lipinski definition) is 0. The lowest BCUT2D eigenvalue weighted by Crippen LogP contribution is -2.66. The predicted octanol–water partition coefficient (Wildman–Crippen LogP) is 3.51. The summed E-state index contributed by atoms with van der Waals surface area (Å²) in [7, 11) is 1.12. The summed E-state index contributed by atoms with van der Waals surface area (Å²) in [4.78, 5) is 40.6. The summed E-state index contributed by atoms with van der Waals surface area (Å²) in [5, 5.41) is 1.78. The van der Waals surface area contributed by atoms with E-state index in [4.69, 9.17) is 14.2 Å². The van der Waals surface area contributed by atoms with Gasteiger partial charge in [-0.05, 0) is 35.6 Å². The van der Waals surface area contributed by atoms with Crippen molar-refractivity contribution in [3.63, 3.8) is 0 Å². The van der Waals surface area contributed by atoms with Gasteiger partial charge in [-0.25, -0.2) is 13.6 Å². The molecule has 0 saturated carbocycles. The van der Waals surface area contributed by atoms with Gasteiger partial charge in [-0.15, -0.1) is 11.8 Å². The van der Waals surface area contributed by atoms with Gasteiger partial charge in [-0.2, -0.15) is 0 Å². The molecule has 2 aromatic carbocycles. The van der Waals surface area contributed by atoms with Crippen molar-refractivity contribution in [3.05, 3.63) is 93.4 Å². The zero-order valence-corrected chi connectivity index (χ0v) is 22.4. The molecule has 13 heteroatoms. The largest absolute Gasteiger partial charge is 0.510 e. The summed E-state index contributed by atoms with van der Waals surface area (Å²) >= 11 is 1.47. The molecule has 5 rings (SSSR count). The SMILES string of the molecule is COC(=O)OCOc1c2n(ccc1=O)N([C@H](c1ccc(F)c(F)c1)c1ccccc1SC)[C@@H]1COCCN1C2=O. The van der Waals surface area contributed by atoms with Gasteiger partial charge in [0.05, 0.1) is 26.4 Å². The second-order valence-electron chi connectivity index (χ2n) is 8.82. The molecule has 2 aliphatic rings. The van der Waals surface area contributed by atoms with Gasteiger partial charge in [0.2, 0.25) is 18.0 Å². The van der Waals surface area contributed by atoms with E-state index in [1.807, 2.05) is 30.5 Å². The fourth-order valence-corrected chi connectivity index (χ4v) is 5.53. The number of fused-ring (bicyclic) bond motifs is 2. The molecule has 0 unspecified atom stereocenters. The van der Waals surface area contributed by atoms with Crippen LogP contribution in [0.4, 0.5) is 13.6 Å². The number of amides is 1. The molecule has 0 bridgehead atoms. The lowest BCUT2D eigenvalue weighted by molar-refractivity contribution is -0.0209. The van der Waals surface area contributed by atoms with Crippen LogP contribution in [0.15, 0.2) is 64.4 Å². The number of pyridine rings is 1. The molecule has 0 radical (unpaired) electrons. The Balaban J connectivity index is 1.73. The highest BCUT2D eigenvalue weighted by molar-refractivity contribution is 7.98. The third kappa shape index (κ3) is 4.97. The molecule has 1 fully saturated rings. The van der Waals surface area contributed by atoms with Crippen LogP contribution in [-0.4, -0.2) is 67.7 Å². The predicted molar refractivity (Wildman–Crippen MR) is 140 cm³/mol. The van der Waals surface area contributed by atoms with E-state index >= 15 is 0 Å². The van der Waals surface area contributed by atoms with Crippen molar-refractivity contribution < 1.29 is 37.3 Å². The van der Waals surface area contributed by atoms with Gasteiger partial charge in [0.25, 0.3) is 5.91 Å². The number of ether oxygens (including phenoxy) is 4. The number of nitrogens with zero attached hydrogens (tertiary/aromatic N) is 3. The van der Waals surface area contributed by atoms with Crippen molar-refractivity contribution >= 4 is 23.8 Å². The number of aromatic nitrogens is 1. The van der Waals surface area contributed by atoms with Gasteiger partial charge in [0.1, 0.15) is 6.17 Å². The van der Waals surface area contributed by atoms with Gasteiger partial charge in [0, 0.05) is 23.7 Å². The second kappa shape index (κ2) is 11.6. The molecular weight excluding hydrogens is 548 g/mol. The molecule has 1 amide bonds. The molecular formula is C27H25F2N3O7S. The van der Waals surface area contributed by atoms with Crippen LogP contribution in [-0.2, 0) is 14.2 Å². The van der Waals surface area contributed by atoms with Crippen molar-refractivity contribution in [1.29, 1.82) is 0 Å². The zero-order valence-electron chi connectivity index (χ0n) is 21.5. The molecule has 10 nitrogen and oxygen atoms in total. The number of rotatable bonds is 7. The summed E-state index contributed by atoms with van der Waals surface area (Å²) in [5.41, 5.74) is 0.422. The first-order valence-corrected chi connectivity index (χ1v) is 13.4. The number of morpholine rings is 1. The van der Waals surface area contributed by atoms with Gasteiger partial charge < -0.3 is 23.8 Å². The molecule has 210 valence electrons. The number of methoxy groups -OCH3 is 1. The van der Waals surface area contributed by atoms with Crippen molar-refractivity contribution in [2.24, 2.45) is 0 Å². The molecule has 1 saturated heterocycles. The monoisotopic (exact) mass is 573 g/mol. The van der Waals surface area contributed by atoms with E-state index in [1.165, 1.54) is 34.8 Å². The first-order valence-electron chi connectivity index (χ1n) is 12.2. The molecule has 0 aliphatic carbocycles. The summed E-state index contributed by atoms with van der Waals surface area (Å²) in [6.45, 7) is -0.108. The molecule has 2 atom stereocenters. The number of thioether (sulfide) groups is 1. The standard InChI is InChI=1S/C27H25F2N3O7S/c1-36-27(35)39-15-38-25-20(33)9-10-31-24(25)26(34)30-11-12-37-14-22(30)32(31)23(16-7-8-18(28)19(29)13-16)17-5-3-4-6-21(17)40-2/h3-10,13,22-23H,11-12,14-15H2,1-2H3/t22-,23-/m1/s1. The van der Waals surface area contributed by atoms with Crippen LogP contribution in [0.3, 0.4) is 0 Å². The molecule has 1 aromatic heterocycles. The summed E-state index contributed by atoms with van der Waals surface area (Å²) in [6, 6.07) is 11.6. The minimum atomic E-state index is -1.03. The zero-order chi connectivity index (χ0) is 28.4. The molecule has 0 spiro atoms. The maximum Gasteiger partial charge on any atom is 0.510 e. The van der Waals surface area contributed by atoms with E-state index in [1.54, 1.807) is 9.91 Å². The maximum absolute atomic E-state index is 14.6. The number of hydrogen-bond acceptors (Lipinski definition) is 9. The molecule has 40 heavy (non-hydrogen) atoms. The van der Waals surface area contributed by atoms with E-state index in [-0.39, 0.29) is 31.2 Å². The van der Waals surface area contributed by atoms with E-state index < -0.39 is 48.1 Å². The first kappa shape index (κ1) is 27.5. The topological polar surface area (TPSA) is 99.5 Å². The normalized spacial score (nSPS) is 17.1. The Bertz CT molecular complexity index is 1500. The summed E-state index contributed by atoms with van der Waals surface area (Å²) < 4.78 is 50.6. The smallest absolute Gasteiger partial charge is 0.451 e. The highest BCUT2D eigenvalue weighted by Crippen LogP contribution is 2.39. The average Bonchev–Trinajstić information content (AvgIpc) is 2.97. The Hall–Kier alpha value is -4.10. The van der Waals surface area contributed by atoms with E-state index in [0.717, 1.165) is 29.7 Å². The lowest BCUT2D eigenvalue weighted by Gasteiger charge is -2.51. The Morgan fingerprint density at radius 3 is 2.70 bits per heavy atom. The molecule has 0 N–H and O–H groups in total. The molecule has 3 aromatic rings. The number of carbonyl (C=O) groups is 2. The van der Waals surface area contributed by atoms with Gasteiger partial charge in [-0.1, -0.05) is 24.3 Å². The van der Waals surface area contributed by atoms with Crippen molar-refractivity contribution in [2.45, 2.75) is 17.1 Å². The van der Waals surface area contributed by atoms with E-state index in [2.05, 4.69) is 4.74 Å². The van der Waals surface area contributed by atoms with Crippen molar-refractivity contribution in [1.82, 2.24) is 9.58 Å². The third-order valence-electron chi connectivity index (χ3n) is 6.66. The maximum atomic E-state index is 14.6. The minimum Gasteiger partial charge on any atom is -0.451 e. The van der Waals surface area contributed by atoms with Gasteiger partial charge >= 0.3 is 6.16 Å². The van der Waals surface area contributed by atoms with Crippen molar-refractivity contribution in [2.75, 3.05) is 44.9 Å². The van der Waals surface area contributed by atoms with Crippen LogP contribution in [0.5, 0.6) is 5.75 Å². The summed E-state index contributed by atoms with van der Waals surface area (Å²) in [6.07, 6.45) is 1.61.